The summed E-state index contributed by atoms with van der Waals surface area (Å²) in [5.74, 6) is 8.85. The zero-order valence-corrected chi connectivity index (χ0v) is 61.7. The molecule has 4 atom stereocenters. The first-order valence-corrected chi connectivity index (χ1v) is 37.1. The number of anilines is 10. The Morgan fingerprint density at radius 3 is 0.943 bits per heavy atom. The first-order valence-electron chi connectivity index (χ1n) is 37.1. The second-order valence-electron chi connectivity index (χ2n) is 30.2. The fraction of sp³-hybridized carbons (Fsp3) is 0.500. The van der Waals surface area contributed by atoms with Gasteiger partial charge in [0.05, 0.1) is 37.2 Å². The van der Waals surface area contributed by atoms with Crippen LogP contribution in [0.1, 0.15) is 115 Å². The van der Waals surface area contributed by atoms with E-state index < -0.39 is 0 Å². The molecule has 2 aliphatic carbocycles. The molecule has 2 bridgehead atoms. The van der Waals surface area contributed by atoms with E-state index >= 15 is 0 Å². The van der Waals surface area contributed by atoms with Gasteiger partial charge in [-0.15, -0.1) is 0 Å². The number of hydrogen-bond donors (Lipinski definition) is 12. The van der Waals surface area contributed by atoms with E-state index in [-0.39, 0.29) is 18.1 Å². The Labute approximate surface area is 614 Å². The minimum Gasteiger partial charge on any atom is -0.384 e. The van der Waals surface area contributed by atoms with E-state index in [1.54, 1.807) is 51.9 Å². The number of fused-ring (bicyclic) bond motifs is 8. The van der Waals surface area contributed by atoms with E-state index in [2.05, 4.69) is 70.5 Å². The molecule has 17 heterocycles. The molecule has 0 amide bonds. The van der Waals surface area contributed by atoms with Crippen LogP contribution in [0.25, 0.3) is 33.9 Å². The molecule has 5 aliphatic heterocycles. The molecule has 0 aromatic carbocycles. The van der Waals surface area contributed by atoms with Crippen molar-refractivity contribution in [1.29, 1.82) is 0 Å². The second kappa shape index (κ2) is 30.5. The molecule has 0 unspecified atom stereocenters. The third-order valence-electron chi connectivity index (χ3n) is 21.6. The number of aromatic nitrogens is 18. The van der Waals surface area contributed by atoms with Crippen molar-refractivity contribution in [1.82, 2.24) is 92.9 Å². The van der Waals surface area contributed by atoms with Crippen LogP contribution in [0.3, 0.4) is 0 Å². The Hall–Kier alpha value is -10.5. The van der Waals surface area contributed by atoms with Gasteiger partial charge in [-0.3, -0.25) is 0 Å². The predicted octanol–water partition coefficient (Wildman–Crippen LogP) is 3.61. The molecule has 34 heteroatoms. The molecular weight excluding hydrogens is 1340 g/mol. The van der Waals surface area contributed by atoms with Crippen molar-refractivity contribution in [2.75, 3.05) is 106 Å². The van der Waals surface area contributed by atoms with Crippen LogP contribution in [-0.2, 0) is 12.8 Å². The van der Waals surface area contributed by atoms with Gasteiger partial charge in [-0.2, -0.15) is 57.7 Å². The maximum Gasteiger partial charge on any atom is 0.162 e. The van der Waals surface area contributed by atoms with Crippen molar-refractivity contribution in [2.45, 2.75) is 167 Å². The number of piperazine rings is 1. The molecule has 5 saturated heterocycles. The van der Waals surface area contributed by atoms with Gasteiger partial charge < -0.3 is 88.0 Å². The normalized spacial score (nSPS) is 22.1. The summed E-state index contributed by atoms with van der Waals surface area (Å²) in [6.07, 6.45) is 25.3. The maximum absolute atomic E-state index is 6.05. The van der Waals surface area contributed by atoms with Crippen LogP contribution in [-0.4, -0.2) is 182 Å². The molecule has 12 aromatic heterocycles. The minimum atomic E-state index is 0.236. The number of nitrogens with one attached hydrogen (secondary N) is 1. The van der Waals surface area contributed by atoms with Crippen molar-refractivity contribution in [3.05, 3.63) is 118 Å². The third-order valence-corrected chi connectivity index (χ3v) is 21.6. The number of rotatable bonds is 8. The molecule has 23 N–H and O–H groups in total. The molecular formula is C72H104N34. The van der Waals surface area contributed by atoms with E-state index in [1.807, 2.05) is 90.3 Å². The Morgan fingerprint density at radius 2 is 0.642 bits per heavy atom. The fourth-order valence-electron chi connectivity index (χ4n) is 15.4. The number of hydrogen-bond acceptors (Lipinski definition) is 28. The number of nitrogen functional groups attached to an aromatic ring is 6. The summed E-state index contributed by atoms with van der Waals surface area (Å²) in [6.45, 7) is 19.3. The molecule has 7 fully saturated rings. The molecule has 562 valence electrons. The Balaban J connectivity index is 0.000000107. The SMILES string of the molecule is Cc1cnn2c(N)cc(CC3CCC(N)CC3)nc12.Cc1cnn2c(N)cc(CC3CCC(N)CC3)nc12.Cc1cnn2c(N)cc(N3CC(N)C3)nc12.Cc1cnn2c(N)cc(N3CC[C@H](N)C3)nc12.Cc1cnn2c(N)cc(N3CC[C@H](N)C3)nc12.Cc1cnn2c(N)cc(N3C[C@@H]4C[C@H]3CN4)nc12. The minimum absolute atomic E-state index is 0.236. The quantitative estimate of drug-likeness (QED) is 0.103. The van der Waals surface area contributed by atoms with Gasteiger partial charge in [0, 0.05) is 176 Å². The molecule has 0 spiro atoms. The predicted molar refractivity (Wildman–Crippen MR) is 417 cm³/mol. The van der Waals surface area contributed by atoms with Crippen LogP contribution >= 0.6 is 0 Å². The smallest absolute Gasteiger partial charge is 0.162 e. The highest BCUT2D eigenvalue weighted by Gasteiger charge is 2.39. The lowest BCUT2D eigenvalue weighted by Gasteiger charge is -2.37. The number of nitrogens with two attached hydrogens (primary N) is 11. The van der Waals surface area contributed by atoms with E-state index in [4.69, 9.17) is 78.0 Å². The summed E-state index contributed by atoms with van der Waals surface area (Å²) in [5, 5.41) is 28.7. The molecule has 0 radical (unpaired) electrons. The zero-order chi connectivity index (χ0) is 74.4. The highest BCUT2D eigenvalue weighted by atomic mass is 15.4. The van der Waals surface area contributed by atoms with Gasteiger partial charge in [-0.25, -0.2) is 29.9 Å². The van der Waals surface area contributed by atoms with Crippen molar-refractivity contribution in [3.63, 3.8) is 0 Å². The van der Waals surface area contributed by atoms with Gasteiger partial charge in [0.15, 0.2) is 33.9 Å². The lowest BCUT2D eigenvalue weighted by Crippen LogP contribution is -2.56. The Kier molecular flexibility index (Phi) is 20.9. The molecule has 7 aliphatic rings. The summed E-state index contributed by atoms with van der Waals surface area (Å²) in [7, 11) is 0. The average molecular weight is 1450 g/mol. The zero-order valence-electron chi connectivity index (χ0n) is 61.7. The summed E-state index contributed by atoms with van der Waals surface area (Å²) < 4.78 is 10.1. The molecule has 106 heavy (non-hydrogen) atoms. The van der Waals surface area contributed by atoms with Crippen LogP contribution in [0.4, 0.5) is 58.2 Å². The van der Waals surface area contributed by atoms with Crippen LogP contribution in [0.15, 0.2) is 73.6 Å². The van der Waals surface area contributed by atoms with Crippen molar-refractivity contribution in [2.24, 2.45) is 40.5 Å². The maximum atomic E-state index is 6.05. The Bertz CT molecular complexity index is 4850. The first-order chi connectivity index (χ1) is 50.9. The fourth-order valence-corrected chi connectivity index (χ4v) is 15.4. The monoisotopic (exact) mass is 1440 g/mol. The lowest BCUT2D eigenvalue weighted by molar-refractivity contribution is 0.323. The summed E-state index contributed by atoms with van der Waals surface area (Å²) in [6, 6.07) is 14.1. The first kappa shape index (κ1) is 72.4. The summed E-state index contributed by atoms with van der Waals surface area (Å²) in [5.41, 5.74) is 79.0. The highest BCUT2D eigenvalue weighted by molar-refractivity contribution is 5.64. The van der Waals surface area contributed by atoms with Gasteiger partial charge in [-0.1, -0.05) is 0 Å². The van der Waals surface area contributed by atoms with Crippen molar-refractivity contribution < 1.29 is 0 Å². The van der Waals surface area contributed by atoms with Gasteiger partial charge >= 0.3 is 0 Å². The molecule has 2 saturated carbocycles. The average Bonchev–Trinajstić information content (AvgIpc) is 1.68. The lowest BCUT2D eigenvalue weighted by atomic mass is 9.84. The topological polar surface area (TPSA) is 492 Å². The van der Waals surface area contributed by atoms with E-state index in [0.29, 0.717) is 70.9 Å². The van der Waals surface area contributed by atoms with Crippen LogP contribution in [0.5, 0.6) is 0 Å². The highest BCUT2D eigenvalue weighted by Crippen LogP contribution is 2.33. The van der Waals surface area contributed by atoms with Crippen molar-refractivity contribution >= 4 is 92.1 Å². The second-order valence-corrected chi connectivity index (χ2v) is 30.2. The summed E-state index contributed by atoms with van der Waals surface area (Å²) in [4.78, 5) is 36.7. The molecule has 19 rings (SSSR count). The standard InChI is InChI=1S/2C14H21N5.C12H16N6.2C11H16N6.C10H14N6/c2*1-9-8-17-19-13(16)7-12(18-14(9)19)6-10-2-4-11(15)5-3-10;1-7-4-15-18-10(13)3-11(16-12(7)18)17-6-8-2-9(17)5-14-8;2*1-7-5-14-17-9(13)4-10(15-11(7)17)16-3-2-8(12)6-16;1-6-3-13-16-8(12)2-9(14-10(6)16)15-4-7(11)5-15/h2*7-8,10-11H,2-6,15-16H2,1H3;3-4,8-9,14H,2,5-6,13H2,1H3;2*4-5,8H,2-3,6,12-13H2,1H3;2-3,7H,4-5,11-12H2,1H3/t;;8-,9-;2*8-;/m..000./s1. The Morgan fingerprint density at radius 1 is 0.340 bits per heavy atom. The van der Waals surface area contributed by atoms with Crippen LogP contribution < -0.4 is 88.0 Å². The number of nitrogens with zero attached hydrogens (tertiary/aromatic N) is 22. The van der Waals surface area contributed by atoms with Gasteiger partial charge in [-0.05, 0) is 137 Å². The third kappa shape index (κ3) is 15.6. The van der Waals surface area contributed by atoms with E-state index in [1.165, 1.54) is 32.1 Å². The van der Waals surface area contributed by atoms with Gasteiger partial charge in [0.2, 0.25) is 0 Å². The van der Waals surface area contributed by atoms with Crippen molar-refractivity contribution in [3.8, 4) is 0 Å². The van der Waals surface area contributed by atoms with Gasteiger partial charge in [0.25, 0.3) is 0 Å². The van der Waals surface area contributed by atoms with Crippen LogP contribution in [0, 0.1) is 53.4 Å². The van der Waals surface area contributed by atoms with Crippen LogP contribution in [0.2, 0.25) is 0 Å². The summed E-state index contributed by atoms with van der Waals surface area (Å²) >= 11 is 0. The van der Waals surface area contributed by atoms with E-state index in [0.717, 1.165) is 206 Å². The number of aryl methyl sites for hydroxylation is 6. The van der Waals surface area contributed by atoms with Gasteiger partial charge in [0.1, 0.15) is 58.2 Å². The molecule has 12 aromatic rings. The van der Waals surface area contributed by atoms with E-state index in [9.17, 15) is 0 Å². The largest absolute Gasteiger partial charge is 0.384 e. The molecule has 34 nitrogen and oxygen atoms in total.